The molecule has 0 aliphatic rings. The van der Waals surface area contributed by atoms with E-state index in [2.05, 4.69) is 10.6 Å². The first-order valence-corrected chi connectivity index (χ1v) is 11.2. The van der Waals surface area contributed by atoms with Crippen molar-refractivity contribution in [1.82, 2.24) is 4.98 Å². The second kappa shape index (κ2) is 9.77. The number of rotatable bonds is 6. The van der Waals surface area contributed by atoms with Gasteiger partial charge in [0.2, 0.25) is 11.8 Å². The van der Waals surface area contributed by atoms with E-state index in [0.29, 0.717) is 10.7 Å². The van der Waals surface area contributed by atoms with E-state index in [9.17, 15) is 9.59 Å². The van der Waals surface area contributed by atoms with E-state index in [1.807, 2.05) is 66.0 Å². The van der Waals surface area contributed by atoms with E-state index in [1.165, 1.54) is 6.92 Å². The Labute approximate surface area is 195 Å². The number of halogens is 1. The summed E-state index contributed by atoms with van der Waals surface area (Å²) in [6.45, 7) is 1.46. The molecule has 4 aromatic rings. The number of nitrogens with zero attached hydrogens (tertiary/aromatic N) is 1. The minimum Gasteiger partial charge on any atom is -0.326 e. The summed E-state index contributed by atoms with van der Waals surface area (Å²) in [5.41, 5.74) is 5.19. The SMILES string of the molecule is CC(=O)Nc1ccc(CC(=O)Nc2ccc(-c3csc(-c4ccc(Cl)cc4)n3)cc2)cc1. The predicted molar refractivity (Wildman–Crippen MR) is 131 cm³/mol. The summed E-state index contributed by atoms with van der Waals surface area (Å²) in [6, 6.07) is 22.5. The first-order valence-electron chi connectivity index (χ1n) is 9.94. The van der Waals surface area contributed by atoms with Crippen LogP contribution in [0.25, 0.3) is 21.8 Å². The number of carbonyl (C=O) groups is 2. The van der Waals surface area contributed by atoms with Gasteiger partial charge in [0, 0.05) is 39.8 Å². The lowest BCUT2D eigenvalue weighted by atomic mass is 10.1. The van der Waals surface area contributed by atoms with E-state index in [1.54, 1.807) is 23.5 Å². The molecular formula is C25H20ClN3O2S. The predicted octanol–water partition coefficient (Wildman–Crippen LogP) is 6.27. The number of amides is 2. The molecule has 4 rings (SSSR count). The van der Waals surface area contributed by atoms with Crippen LogP contribution in [0.15, 0.2) is 78.2 Å². The third-order valence-corrected chi connectivity index (χ3v) is 5.84. The molecule has 5 nitrogen and oxygen atoms in total. The molecule has 2 N–H and O–H groups in total. The van der Waals surface area contributed by atoms with Crippen LogP contribution in [-0.2, 0) is 16.0 Å². The Hall–Kier alpha value is -3.48. The smallest absolute Gasteiger partial charge is 0.228 e. The third kappa shape index (κ3) is 5.60. The summed E-state index contributed by atoms with van der Waals surface area (Å²) in [5, 5.41) is 9.27. The summed E-state index contributed by atoms with van der Waals surface area (Å²) in [4.78, 5) is 28.2. The van der Waals surface area contributed by atoms with Crippen molar-refractivity contribution in [1.29, 1.82) is 0 Å². The topological polar surface area (TPSA) is 71.1 Å². The minimum absolute atomic E-state index is 0.108. The summed E-state index contributed by atoms with van der Waals surface area (Å²) in [5.74, 6) is -0.235. The molecule has 0 aliphatic carbocycles. The second-order valence-electron chi connectivity index (χ2n) is 7.23. The lowest BCUT2D eigenvalue weighted by Crippen LogP contribution is -2.14. The zero-order valence-corrected chi connectivity index (χ0v) is 18.8. The van der Waals surface area contributed by atoms with Gasteiger partial charge < -0.3 is 10.6 Å². The van der Waals surface area contributed by atoms with Crippen molar-refractivity contribution in [2.75, 3.05) is 10.6 Å². The summed E-state index contributed by atoms with van der Waals surface area (Å²) < 4.78 is 0. The molecule has 0 aliphatic heterocycles. The van der Waals surface area contributed by atoms with Crippen LogP contribution >= 0.6 is 22.9 Å². The van der Waals surface area contributed by atoms with Crippen LogP contribution in [0.1, 0.15) is 12.5 Å². The first-order chi connectivity index (χ1) is 15.5. The molecule has 0 unspecified atom stereocenters. The van der Waals surface area contributed by atoms with Crippen LogP contribution in [-0.4, -0.2) is 16.8 Å². The molecule has 3 aromatic carbocycles. The van der Waals surface area contributed by atoms with Crippen molar-refractivity contribution < 1.29 is 9.59 Å². The molecule has 1 heterocycles. The van der Waals surface area contributed by atoms with Gasteiger partial charge >= 0.3 is 0 Å². The zero-order chi connectivity index (χ0) is 22.5. The largest absolute Gasteiger partial charge is 0.326 e. The molecule has 0 fully saturated rings. The average molecular weight is 462 g/mol. The van der Waals surface area contributed by atoms with Gasteiger partial charge in [-0.3, -0.25) is 9.59 Å². The van der Waals surface area contributed by atoms with Crippen molar-refractivity contribution in [2.45, 2.75) is 13.3 Å². The van der Waals surface area contributed by atoms with E-state index >= 15 is 0 Å². The number of aromatic nitrogens is 1. The van der Waals surface area contributed by atoms with E-state index in [-0.39, 0.29) is 18.2 Å². The maximum Gasteiger partial charge on any atom is 0.228 e. The second-order valence-corrected chi connectivity index (χ2v) is 8.52. The normalized spacial score (nSPS) is 10.6. The zero-order valence-electron chi connectivity index (χ0n) is 17.3. The van der Waals surface area contributed by atoms with Gasteiger partial charge in [-0.2, -0.15) is 0 Å². The van der Waals surface area contributed by atoms with E-state index < -0.39 is 0 Å². The number of thiazole rings is 1. The van der Waals surface area contributed by atoms with Gasteiger partial charge in [0.1, 0.15) is 5.01 Å². The average Bonchev–Trinajstić information content (AvgIpc) is 3.26. The van der Waals surface area contributed by atoms with Gasteiger partial charge in [-0.1, -0.05) is 48.0 Å². The summed E-state index contributed by atoms with van der Waals surface area (Å²) >= 11 is 7.53. The van der Waals surface area contributed by atoms with Crippen molar-refractivity contribution in [3.8, 4) is 21.8 Å². The Bertz CT molecular complexity index is 1230. The molecule has 0 radical (unpaired) electrons. The van der Waals surface area contributed by atoms with E-state index in [0.717, 1.165) is 33.1 Å². The molecule has 0 spiro atoms. The quantitative estimate of drug-likeness (QED) is 0.355. The maximum atomic E-state index is 12.4. The number of hydrogen-bond acceptors (Lipinski definition) is 4. The standard InChI is InChI=1S/C25H20ClN3O2S/c1-16(30)27-21-10-2-17(3-11-21)14-24(31)28-22-12-6-18(7-13-22)23-15-32-25(29-23)19-4-8-20(26)9-5-19/h2-13,15H,14H2,1H3,(H,27,30)(H,28,31). The van der Waals surface area contributed by atoms with Crippen LogP contribution in [0.5, 0.6) is 0 Å². The Morgan fingerprint density at radius 2 is 1.44 bits per heavy atom. The van der Waals surface area contributed by atoms with Gasteiger partial charge in [0.25, 0.3) is 0 Å². The van der Waals surface area contributed by atoms with Crippen molar-refractivity contribution in [2.24, 2.45) is 0 Å². The highest BCUT2D eigenvalue weighted by Crippen LogP contribution is 2.30. The number of benzene rings is 3. The van der Waals surface area contributed by atoms with Crippen molar-refractivity contribution in [3.05, 3.63) is 88.8 Å². The highest BCUT2D eigenvalue weighted by atomic mass is 35.5. The Morgan fingerprint density at radius 3 is 2.09 bits per heavy atom. The molecule has 2 amide bonds. The fourth-order valence-electron chi connectivity index (χ4n) is 3.16. The van der Waals surface area contributed by atoms with Gasteiger partial charge in [-0.05, 0) is 42.0 Å². The first kappa shape index (κ1) is 21.7. The van der Waals surface area contributed by atoms with Crippen molar-refractivity contribution >= 4 is 46.1 Å². The lowest BCUT2D eigenvalue weighted by Gasteiger charge is -2.07. The highest BCUT2D eigenvalue weighted by Gasteiger charge is 2.09. The molecule has 0 saturated carbocycles. The monoisotopic (exact) mass is 461 g/mol. The van der Waals surface area contributed by atoms with Crippen LogP contribution in [0, 0.1) is 0 Å². The fraction of sp³-hybridized carbons (Fsp3) is 0.0800. The van der Waals surface area contributed by atoms with Crippen LogP contribution in [0.2, 0.25) is 5.02 Å². The summed E-state index contributed by atoms with van der Waals surface area (Å²) in [7, 11) is 0. The number of carbonyl (C=O) groups excluding carboxylic acids is 2. The van der Waals surface area contributed by atoms with Gasteiger partial charge in [0.15, 0.2) is 0 Å². The maximum absolute atomic E-state index is 12.4. The third-order valence-electron chi connectivity index (χ3n) is 4.70. The number of hydrogen-bond donors (Lipinski definition) is 2. The number of nitrogens with one attached hydrogen (secondary N) is 2. The Kier molecular flexibility index (Phi) is 6.63. The van der Waals surface area contributed by atoms with E-state index in [4.69, 9.17) is 16.6 Å². The molecular weight excluding hydrogens is 442 g/mol. The lowest BCUT2D eigenvalue weighted by molar-refractivity contribution is -0.116. The molecule has 0 saturated heterocycles. The van der Waals surface area contributed by atoms with Crippen LogP contribution < -0.4 is 10.6 Å². The molecule has 7 heteroatoms. The molecule has 0 bridgehead atoms. The molecule has 32 heavy (non-hydrogen) atoms. The molecule has 1 aromatic heterocycles. The van der Waals surface area contributed by atoms with Crippen molar-refractivity contribution in [3.63, 3.8) is 0 Å². The minimum atomic E-state index is -0.127. The Morgan fingerprint density at radius 1 is 0.844 bits per heavy atom. The van der Waals surface area contributed by atoms with Gasteiger partial charge in [0.05, 0.1) is 12.1 Å². The molecule has 160 valence electrons. The van der Waals surface area contributed by atoms with Crippen LogP contribution in [0.4, 0.5) is 11.4 Å². The van der Waals surface area contributed by atoms with Gasteiger partial charge in [-0.15, -0.1) is 11.3 Å². The highest BCUT2D eigenvalue weighted by molar-refractivity contribution is 7.13. The molecule has 0 atom stereocenters. The fourth-order valence-corrected chi connectivity index (χ4v) is 4.12. The Balaban J connectivity index is 1.37. The van der Waals surface area contributed by atoms with Gasteiger partial charge in [-0.25, -0.2) is 4.98 Å². The number of anilines is 2. The summed E-state index contributed by atoms with van der Waals surface area (Å²) in [6.07, 6.45) is 0.249. The van der Waals surface area contributed by atoms with Crippen LogP contribution in [0.3, 0.4) is 0 Å².